The van der Waals surface area contributed by atoms with Crippen LogP contribution in [0.25, 0.3) is 10.9 Å². The molecule has 0 atom stereocenters. The van der Waals surface area contributed by atoms with Crippen molar-refractivity contribution in [3.63, 3.8) is 0 Å². The van der Waals surface area contributed by atoms with E-state index < -0.39 is 0 Å². The zero-order valence-corrected chi connectivity index (χ0v) is 19.1. The number of halogens is 1. The van der Waals surface area contributed by atoms with E-state index in [2.05, 4.69) is 38.9 Å². The number of rotatable bonds is 7. The monoisotopic (exact) mass is 505 g/mol. The van der Waals surface area contributed by atoms with Gasteiger partial charge in [0.1, 0.15) is 0 Å². The smallest absolute Gasteiger partial charge is 0.241 e. The number of likely N-dealkylation sites (N-methyl/N-ethyl adjacent to an activating group) is 1. The SMILES string of the molecule is CN(C)C(=O)CNC(=NCc1ccccc1)NCCc1c[nH]c2ccccc12.I. The first kappa shape index (κ1) is 22.7. The minimum absolute atomic E-state index is 0. The molecule has 0 saturated heterocycles. The molecule has 6 nitrogen and oxygen atoms in total. The van der Waals surface area contributed by atoms with E-state index in [0.29, 0.717) is 12.5 Å². The minimum atomic E-state index is 0. The third kappa shape index (κ3) is 6.77. The molecule has 154 valence electrons. The van der Waals surface area contributed by atoms with Crippen LogP contribution in [0.15, 0.2) is 65.8 Å². The summed E-state index contributed by atoms with van der Waals surface area (Å²) >= 11 is 0. The van der Waals surface area contributed by atoms with Crippen LogP contribution in [0.1, 0.15) is 11.1 Å². The summed E-state index contributed by atoms with van der Waals surface area (Å²) in [5.41, 5.74) is 3.53. The summed E-state index contributed by atoms with van der Waals surface area (Å²) < 4.78 is 0. The molecule has 29 heavy (non-hydrogen) atoms. The quantitative estimate of drug-likeness (QED) is 0.263. The van der Waals surface area contributed by atoms with Gasteiger partial charge in [-0.05, 0) is 23.6 Å². The van der Waals surface area contributed by atoms with Crippen molar-refractivity contribution in [1.29, 1.82) is 0 Å². The van der Waals surface area contributed by atoms with E-state index in [9.17, 15) is 4.79 Å². The number of hydrogen-bond donors (Lipinski definition) is 3. The van der Waals surface area contributed by atoms with Gasteiger partial charge in [-0.2, -0.15) is 0 Å². The topological polar surface area (TPSA) is 72.5 Å². The van der Waals surface area contributed by atoms with Gasteiger partial charge in [-0.15, -0.1) is 24.0 Å². The molecule has 2 aromatic carbocycles. The Hall–Kier alpha value is -2.55. The number of benzene rings is 2. The summed E-state index contributed by atoms with van der Waals surface area (Å²) in [4.78, 5) is 21.4. The molecule has 0 aliphatic carbocycles. The minimum Gasteiger partial charge on any atom is -0.361 e. The third-order valence-corrected chi connectivity index (χ3v) is 4.53. The lowest BCUT2D eigenvalue weighted by Gasteiger charge is -2.15. The Morgan fingerprint density at radius 3 is 2.52 bits per heavy atom. The summed E-state index contributed by atoms with van der Waals surface area (Å²) in [5.74, 6) is 0.643. The first-order valence-electron chi connectivity index (χ1n) is 9.45. The molecule has 7 heteroatoms. The fourth-order valence-electron chi connectivity index (χ4n) is 2.90. The summed E-state index contributed by atoms with van der Waals surface area (Å²) in [6.07, 6.45) is 2.91. The highest BCUT2D eigenvalue weighted by molar-refractivity contribution is 14.0. The molecule has 0 radical (unpaired) electrons. The number of amides is 1. The highest BCUT2D eigenvalue weighted by Crippen LogP contribution is 2.17. The van der Waals surface area contributed by atoms with Gasteiger partial charge in [-0.1, -0.05) is 48.5 Å². The van der Waals surface area contributed by atoms with Crippen molar-refractivity contribution in [2.24, 2.45) is 4.99 Å². The van der Waals surface area contributed by atoms with E-state index in [1.54, 1.807) is 19.0 Å². The number of carbonyl (C=O) groups is 1. The molecular weight excluding hydrogens is 477 g/mol. The number of para-hydroxylation sites is 1. The van der Waals surface area contributed by atoms with E-state index in [-0.39, 0.29) is 36.4 Å². The lowest BCUT2D eigenvalue weighted by atomic mass is 10.1. The van der Waals surface area contributed by atoms with Gasteiger partial charge >= 0.3 is 0 Å². The third-order valence-electron chi connectivity index (χ3n) is 4.53. The molecule has 0 aliphatic heterocycles. The van der Waals surface area contributed by atoms with Crippen LogP contribution in [0.2, 0.25) is 0 Å². The Kier molecular flexibility index (Phi) is 8.98. The van der Waals surface area contributed by atoms with E-state index in [0.717, 1.165) is 24.0 Å². The van der Waals surface area contributed by atoms with Crippen LogP contribution < -0.4 is 10.6 Å². The van der Waals surface area contributed by atoms with Gasteiger partial charge in [0.15, 0.2) is 5.96 Å². The van der Waals surface area contributed by atoms with Crippen molar-refractivity contribution in [2.75, 3.05) is 27.2 Å². The molecule has 0 fully saturated rings. The standard InChI is InChI=1S/C22H27N5O.HI/c1-27(2)21(28)16-26-22(25-14-17-8-4-3-5-9-17)23-13-12-18-15-24-20-11-7-6-10-19(18)20;/h3-11,15,24H,12-14,16H2,1-2H3,(H2,23,25,26);1H. The van der Waals surface area contributed by atoms with Gasteiger partial charge in [-0.25, -0.2) is 4.99 Å². The molecule has 0 bridgehead atoms. The van der Waals surface area contributed by atoms with Gasteiger partial charge in [0.05, 0.1) is 13.1 Å². The Morgan fingerprint density at radius 1 is 1.03 bits per heavy atom. The van der Waals surface area contributed by atoms with E-state index in [1.165, 1.54) is 10.9 Å². The maximum atomic E-state index is 11.9. The maximum Gasteiger partial charge on any atom is 0.241 e. The van der Waals surface area contributed by atoms with Gasteiger partial charge in [0.25, 0.3) is 0 Å². The second-order valence-electron chi connectivity index (χ2n) is 6.83. The van der Waals surface area contributed by atoms with Crippen molar-refractivity contribution in [1.82, 2.24) is 20.5 Å². The molecule has 3 aromatic rings. The van der Waals surface area contributed by atoms with Gasteiger partial charge in [0.2, 0.25) is 5.91 Å². The molecule has 0 saturated carbocycles. The molecule has 1 heterocycles. The van der Waals surface area contributed by atoms with Crippen molar-refractivity contribution >= 4 is 46.7 Å². The number of nitrogens with zero attached hydrogens (tertiary/aromatic N) is 2. The van der Waals surface area contributed by atoms with E-state index in [4.69, 9.17) is 0 Å². The Morgan fingerprint density at radius 2 is 1.76 bits per heavy atom. The van der Waals surface area contributed by atoms with Crippen LogP contribution >= 0.6 is 24.0 Å². The van der Waals surface area contributed by atoms with Crippen LogP contribution in [0.4, 0.5) is 0 Å². The molecule has 0 aliphatic rings. The summed E-state index contributed by atoms with van der Waals surface area (Å²) in [7, 11) is 3.49. The fourth-order valence-corrected chi connectivity index (χ4v) is 2.90. The molecule has 1 amide bonds. The van der Waals surface area contributed by atoms with Gasteiger partial charge in [0, 0.05) is 37.7 Å². The molecule has 3 N–H and O–H groups in total. The summed E-state index contributed by atoms with van der Waals surface area (Å²) in [6.45, 7) is 1.48. The van der Waals surface area contributed by atoms with Crippen molar-refractivity contribution in [3.8, 4) is 0 Å². The number of hydrogen-bond acceptors (Lipinski definition) is 2. The van der Waals surface area contributed by atoms with Crippen LogP contribution in [0.3, 0.4) is 0 Å². The summed E-state index contributed by atoms with van der Waals surface area (Å²) in [6, 6.07) is 18.3. The number of aliphatic imine (C=N–C) groups is 1. The average molecular weight is 505 g/mol. The number of fused-ring (bicyclic) bond motifs is 1. The maximum absolute atomic E-state index is 11.9. The molecule has 0 unspecified atom stereocenters. The number of nitrogens with one attached hydrogen (secondary N) is 3. The lowest BCUT2D eigenvalue weighted by molar-refractivity contribution is -0.127. The molecule has 1 aromatic heterocycles. The zero-order valence-electron chi connectivity index (χ0n) is 16.8. The van der Waals surface area contributed by atoms with Crippen molar-refractivity contribution in [3.05, 3.63) is 71.9 Å². The van der Waals surface area contributed by atoms with Crippen LogP contribution in [-0.4, -0.2) is 48.9 Å². The Bertz CT molecular complexity index is 937. The van der Waals surface area contributed by atoms with Crippen LogP contribution in [0, 0.1) is 0 Å². The first-order valence-corrected chi connectivity index (χ1v) is 9.45. The second kappa shape index (κ2) is 11.5. The van der Waals surface area contributed by atoms with Gasteiger partial charge < -0.3 is 20.5 Å². The second-order valence-corrected chi connectivity index (χ2v) is 6.83. The Balaban J connectivity index is 0.00000300. The highest BCUT2D eigenvalue weighted by atomic mass is 127. The lowest BCUT2D eigenvalue weighted by Crippen LogP contribution is -2.43. The Labute approximate surface area is 188 Å². The van der Waals surface area contributed by atoms with E-state index >= 15 is 0 Å². The largest absolute Gasteiger partial charge is 0.361 e. The normalized spacial score (nSPS) is 11.0. The average Bonchev–Trinajstić information content (AvgIpc) is 3.13. The predicted octanol–water partition coefficient (Wildman–Crippen LogP) is 3.15. The van der Waals surface area contributed by atoms with Crippen molar-refractivity contribution < 1.29 is 4.79 Å². The zero-order chi connectivity index (χ0) is 19.8. The number of aromatic amines is 1. The highest BCUT2D eigenvalue weighted by Gasteiger charge is 2.07. The van der Waals surface area contributed by atoms with Gasteiger partial charge in [-0.3, -0.25) is 4.79 Å². The molecule has 0 spiro atoms. The summed E-state index contributed by atoms with van der Waals surface area (Å²) in [5, 5.41) is 7.71. The number of H-pyrrole nitrogens is 1. The fraction of sp³-hybridized carbons (Fsp3) is 0.273. The molecule has 3 rings (SSSR count). The van der Waals surface area contributed by atoms with Crippen LogP contribution in [-0.2, 0) is 17.8 Å². The molecular formula is C22H28IN5O. The number of guanidine groups is 1. The predicted molar refractivity (Wildman–Crippen MR) is 130 cm³/mol. The van der Waals surface area contributed by atoms with Crippen LogP contribution in [0.5, 0.6) is 0 Å². The number of carbonyl (C=O) groups excluding carboxylic acids is 1. The van der Waals surface area contributed by atoms with E-state index in [1.807, 2.05) is 42.5 Å². The number of aromatic nitrogens is 1. The first-order chi connectivity index (χ1) is 13.6. The van der Waals surface area contributed by atoms with Crippen molar-refractivity contribution in [2.45, 2.75) is 13.0 Å².